The van der Waals surface area contributed by atoms with Crippen LogP contribution in [0.2, 0.25) is 0 Å². The zero-order chi connectivity index (χ0) is 18.8. The van der Waals surface area contributed by atoms with Crippen molar-refractivity contribution in [1.29, 1.82) is 0 Å². The lowest BCUT2D eigenvalue weighted by Gasteiger charge is -2.41. The van der Waals surface area contributed by atoms with Gasteiger partial charge < -0.3 is 19.6 Å². The second-order valence-corrected chi connectivity index (χ2v) is 8.35. The number of aliphatic hydroxyl groups is 1. The first-order chi connectivity index (χ1) is 13.1. The number of aliphatic hydroxyl groups excluding tert-OH is 1. The second kappa shape index (κ2) is 8.19. The maximum atomic E-state index is 13.1. The zero-order valence-electron chi connectivity index (χ0n) is 16.3. The number of carbonyl (C=O) groups excluding carboxylic acids is 1. The fourth-order valence-electron chi connectivity index (χ4n) is 5.17. The minimum absolute atomic E-state index is 0.0369. The molecule has 4 rings (SSSR count). The molecule has 27 heavy (non-hydrogen) atoms. The van der Waals surface area contributed by atoms with Crippen LogP contribution >= 0.6 is 0 Å². The summed E-state index contributed by atoms with van der Waals surface area (Å²) in [4.78, 5) is 17.5. The smallest absolute Gasteiger partial charge is 0.224 e. The van der Waals surface area contributed by atoms with Crippen molar-refractivity contribution in [3.63, 3.8) is 0 Å². The standard InChI is InChI=1S/C22H32N2O3/c1-16-9-10-17-5-2-3-7-19(17)23(16)12-11-22(26)24-13-14-27-15-20(24)18-6-4-8-21(18)25/h2-3,5,7,16,18,20-21,25H,4,6,8-15H2,1H3/t16-,18+,20-,21+/m1/s1. The van der Waals surface area contributed by atoms with Crippen LogP contribution in [0, 0.1) is 5.92 Å². The molecule has 0 spiro atoms. The highest BCUT2D eigenvalue weighted by Gasteiger charge is 2.39. The molecule has 5 heteroatoms. The average molecular weight is 373 g/mol. The number of aryl methyl sites for hydroxylation is 1. The molecule has 148 valence electrons. The summed E-state index contributed by atoms with van der Waals surface area (Å²) < 4.78 is 5.67. The van der Waals surface area contributed by atoms with Gasteiger partial charge in [0.15, 0.2) is 0 Å². The van der Waals surface area contributed by atoms with E-state index in [1.54, 1.807) is 0 Å². The van der Waals surface area contributed by atoms with Gasteiger partial charge in [-0.2, -0.15) is 0 Å². The van der Waals surface area contributed by atoms with Crippen LogP contribution in [0.25, 0.3) is 0 Å². The number of hydrogen-bond acceptors (Lipinski definition) is 4. The topological polar surface area (TPSA) is 53.0 Å². The predicted octanol–water partition coefficient (Wildman–Crippen LogP) is 2.61. The van der Waals surface area contributed by atoms with Crippen LogP contribution in [0.15, 0.2) is 24.3 Å². The van der Waals surface area contributed by atoms with Crippen molar-refractivity contribution in [2.24, 2.45) is 5.92 Å². The van der Waals surface area contributed by atoms with Gasteiger partial charge in [0, 0.05) is 37.2 Å². The lowest BCUT2D eigenvalue weighted by atomic mass is 9.93. The summed E-state index contributed by atoms with van der Waals surface area (Å²) in [5.41, 5.74) is 2.68. The summed E-state index contributed by atoms with van der Waals surface area (Å²) >= 11 is 0. The Hall–Kier alpha value is -1.59. The highest BCUT2D eigenvalue weighted by molar-refractivity contribution is 5.77. The minimum atomic E-state index is -0.291. The molecule has 5 nitrogen and oxygen atoms in total. The van der Waals surface area contributed by atoms with Gasteiger partial charge in [-0.15, -0.1) is 0 Å². The molecule has 0 aromatic heterocycles. The lowest BCUT2D eigenvalue weighted by molar-refractivity contribution is -0.143. The summed E-state index contributed by atoms with van der Waals surface area (Å²) in [6, 6.07) is 9.08. The van der Waals surface area contributed by atoms with Crippen molar-refractivity contribution in [3.8, 4) is 0 Å². The van der Waals surface area contributed by atoms with Crippen molar-refractivity contribution in [2.75, 3.05) is 31.2 Å². The molecule has 1 amide bonds. The zero-order valence-corrected chi connectivity index (χ0v) is 16.3. The Morgan fingerprint density at radius 3 is 2.93 bits per heavy atom. The Balaban J connectivity index is 1.42. The number of ether oxygens (including phenoxy) is 1. The number of anilines is 1. The maximum absolute atomic E-state index is 13.1. The Morgan fingerprint density at radius 2 is 2.11 bits per heavy atom. The van der Waals surface area contributed by atoms with E-state index in [0.29, 0.717) is 32.2 Å². The molecule has 0 unspecified atom stereocenters. The van der Waals surface area contributed by atoms with Crippen LogP contribution in [0.3, 0.4) is 0 Å². The highest BCUT2D eigenvalue weighted by atomic mass is 16.5. The molecule has 1 saturated heterocycles. The largest absolute Gasteiger partial charge is 0.393 e. The van der Waals surface area contributed by atoms with E-state index in [9.17, 15) is 9.90 Å². The number of rotatable bonds is 4. The molecule has 1 saturated carbocycles. The number of amides is 1. The number of hydrogen-bond donors (Lipinski definition) is 1. The van der Waals surface area contributed by atoms with E-state index in [1.807, 2.05) is 4.90 Å². The number of carbonyl (C=O) groups is 1. The molecule has 0 radical (unpaired) electrons. The first kappa shape index (κ1) is 18.8. The van der Waals surface area contributed by atoms with Gasteiger partial charge in [-0.1, -0.05) is 24.6 Å². The van der Waals surface area contributed by atoms with E-state index in [2.05, 4.69) is 36.1 Å². The molecule has 1 aromatic carbocycles. The average Bonchev–Trinajstić information content (AvgIpc) is 3.12. The summed E-state index contributed by atoms with van der Waals surface area (Å²) in [7, 11) is 0. The van der Waals surface area contributed by atoms with Crippen LogP contribution in [0.1, 0.15) is 44.6 Å². The Bertz CT molecular complexity index is 665. The summed E-state index contributed by atoms with van der Waals surface area (Å²) in [5, 5.41) is 10.3. The van der Waals surface area contributed by atoms with E-state index >= 15 is 0 Å². The van der Waals surface area contributed by atoms with E-state index in [-0.39, 0.29) is 24.0 Å². The van der Waals surface area contributed by atoms with Gasteiger partial charge in [0.05, 0.1) is 25.4 Å². The van der Waals surface area contributed by atoms with Crippen LogP contribution in [-0.2, 0) is 16.0 Å². The molecule has 2 fully saturated rings. The first-order valence-electron chi connectivity index (χ1n) is 10.5. The van der Waals surface area contributed by atoms with E-state index < -0.39 is 0 Å². The van der Waals surface area contributed by atoms with Crippen molar-refractivity contribution >= 4 is 11.6 Å². The fraction of sp³-hybridized carbons (Fsp3) is 0.682. The first-order valence-corrected chi connectivity index (χ1v) is 10.5. The number of fused-ring (bicyclic) bond motifs is 1. The number of para-hydroxylation sites is 1. The third-order valence-electron chi connectivity index (χ3n) is 6.74. The molecule has 4 atom stereocenters. The van der Waals surface area contributed by atoms with Crippen molar-refractivity contribution < 1.29 is 14.6 Å². The van der Waals surface area contributed by atoms with Gasteiger partial charge in [-0.05, 0) is 44.2 Å². The molecule has 2 heterocycles. The molecule has 2 aliphatic heterocycles. The van der Waals surface area contributed by atoms with E-state index in [4.69, 9.17) is 4.74 Å². The molecular weight excluding hydrogens is 340 g/mol. The molecule has 1 aliphatic carbocycles. The third-order valence-corrected chi connectivity index (χ3v) is 6.74. The molecule has 0 bridgehead atoms. The second-order valence-electron chi connectivity index (χ2n) is 8.35. The Kier molecular flexibility index (Phi) is 5.69. The van der Waals surface area contributed by atoms with Crippen LogP contribution in [0.4, 0.5) is 5.69 Å². The quantitative estimate of drug-likeness (QED) is 0.883. The van der Waals surface area contributed by atoms with Crippen LogP contribution in [0.5, 0.6) is 0 Å². The fourth-order valence-corrected chi connectivity index (χ4v) is 5.17. The normalized spacial score (nSPS) is 31.0. The Labute approximate surface area is 162 Å². The van der Waals surface area contributed by atoms with Gasteiger partial charge in [-0.25, -0.2) is 0 Å². The summed E-state index contributed by atoms with van der Waals surface area (Å²) in [6.07, 6.45) is 5.39. The maximum Gasteiger partial charge on any atom is 0.224 e. The summed E-state index contributed by atoms with van der Waals surface area (Å²) in [5.74, 6) is 0.376. The van der Waals surface area contributed by atoms with Crippen molar-refractivity contribution in [2.45, 2.75) is 63.6 Å². The monoisotopic (exact) mass is 372 g/mol. The van der Waals surface area contributed by atoms with E-state index in [0.717, 1.165) is 38.6 Å². The third kappa shape index (κ3) is 3.85. The number of nitrogens with zero attached hydrogens (tertiary/aromatic N) is 2. The minimum Gasteiger partial charge on any atom is -0.393 e. The summed E-state index contributed by atoms with van der Waals surface area (Å²) in [6.45, 7) is 4.84. The van der Waals surface area contributed by atoms with Crippen molar-refractivity contribution in [3.05, 3.63) is 29.8 Å². The molecular formula is C22H32N2O3. The van der Waals surface area contributed by atoms with Crippen LogP contribution in [-0.4, -0.2) is 60.4 Å². The molecule has 1 N–H and O–H groups in total. The predicted molar refractivity (Wildman–Crippen MR) is 106 cm³/mol. The molecule has 1 aromatic rings. The molecule has 3 aliphatic rings. The van der Waals surface area contributed by atoms with E-state index in [1.165, 1.54) is 11.3 Å². The van der Waals surface area contributed by atoms with Crippen LogP contribution < -0.4 is 4.90 Å². The van der Waals surface area contributed by atoms with Gasteiger partial charge in [-0.3, -0.25) is 4.79 Å². The highest BCUT2D eigenvalue weighted by Crippen LogP contribution is 2.33. The number of morpholine rings is 1. The van der Waals surface area contributed by atoms with Gasteiger partial charge in [0.1, 0.15) is 0 Å². The SMILES string of the molecule is C[C@@H]1CCc2ccccc2N1CCC(=O)N1CCOC[C@@H]1[C@@H]1CCC[C@@H]1O. The van der Waals surface area contributed by atoms with Gasteiger partial charge in [0.25, 0.3) is 0 Å². The number of benzene rings is 1. The van der Waals surface area contributed by atoms with Gasteiger partial charge >= 0.3 is 0 Å². The van der Waals surface area contributed by atoms with Gasteiger partial charge in [0.2, 0.25) is 5.91 Å². The van der Waals surface area contributed by atoms with Crippen molar-refractivity contribution in [1.82, 2.24) is 4.90 Å². The lowest BCUT2D eigenvalue weighted by Crippen LogP contribution is -2.54. The Morgan fingerprint density at radius 1 is 1.26 bits per heavy atom.